The van der Waals surface area contributed by atoms with Crippen LogP contribution in [0.5, 0.6) is 0 Å². The molecule has 2 aromatic carbocycles. The van der Waals surface area contributed by atoms with E-state index in [9.17, 15) is 0 Å². The number of aryl methyl sites for hydroxylation is 1. The summed E-state index contributed by atoms with van der Waals surface area (Å²) in [4.78, 5) is 0. The van der Waals surface area contributed by atoms with Crippen LogP contribution in [0.1, 0.15) is 35.4 Å². The second-order valence-corrected chi connectivity index (χ2v) is 5.42. The maximum atomic E-state index is 3.48. The van der Waals surface area contributed by atoms with Crippen LogP contribution in [0, 0.1) is 0 Å². The Morgan fingerprint density at radius 3 is 2.47 bits per heavy atom. The highest BCUT2D eigenvalue weighted by Gasteiger charge is 2.24. The summed E-state index contributed by atoms with van der Waals surface area (Å²) >= 11 is 0. The van der Waals surface area contributed by atoms with Gasteiger partial charge < -0.3 is 5.32 Å². The van der Waals surface area contributed by atoms with Gasteiger partial charge in [-0.25, -0.2) is 0 Å². The molecular weight excluding hydrogens is 230 g/mol. The summed E-state index contributed by atoms with van der Waals surface area (Å²) in [6.45, 7) is 0. The number of benzene rings is 2. The van der Waals surface area contributed by atoms with Crippen LogP contribution in [0.25, 0.3) is 0 Å². The highest BCUT2D eigenvalue weighted by molar-refractivity contribution is 5.39. The molecule has 2 unspecified atom stereocenters. The largest absolute Gasteiger partial charge is 0.317 e. The quantitative estimate of drug-likeness (QED) is 0.802. The van der Waals surface area contributed by atoms with Gasteiger partial charge in [0.15, 0.2) is 0 Å². The molecule has 0 fully saturated rings. The first-order valence-electron chi connectivity index (χ1n) is 7.18. The summed E-state index contributed by atoms with van der Waals surface area (Å²) in [6, 6.07) is 20.5. The predicted octanol–water partition coefficient (Wildman–Crippen LogP) is 3.74. The van der Waals surface area contributed by atoms with Gasteiger partial charge in [0.2, 0.25) is 0 Å². The monoisotopic (exact) mass is 251 g/mol. The summed E-state index contributed by atoms with van der Waals surface area (Å²) < 4.78 is 0. The zero-order valence-electron chi connectivity index (χ0n) is 11.5. The summed E-state index contributed by atoms with van der Waals surface area (Å²) in [7, 11) is 2.09. The van der Waals surface area contributed by atoms with Crippen LogP contribution in [0.3, 0.4) is 0 Å². The van der Waals surface area contributed by atoms with Gasteiger partial charge in [-0.2, -0.15) is 0 Å². The minimum absolute atomic E-state index is 0.525. The standard InChI is InChI=1S/C18H21N/c1-19-16-12-11-15-9-5-6-10-17(15)18(13-16)14-7-3-2-4-8-14/h2-10,16,18-19H,11-13H2,1H3. The van der Waals surface area contributed by atoms with E-state index in [-0.39, 0.29) is 0 Å². The molecule has 1 aliphatic carbocycles. The molecule has 0 aliphatic heterocycles. The molecule has 0 saturated heterocycles. The highest BCUT2D eigenvalue weighted by Crippen LogP contribution is 2.35. The van der Waals surface area contributed by atoms with Gasteiger partial charge in [-0.1, -0.05) is 54.6 Å². The van der Waals surface area contributed by atoms with Crippen molar-refractivity contribution in [2.45, 2.75) is 31.2 Å². The van der Waals surface area contributed by atoms with Crippen molar-refractivity contribution in [2.24, 2.45) is 0 Å². The Bertz CT molecular complexity index is 532. The Balaban J connectivity index is 2.04. The Hall–Kier alpha value is -1.60. The number of nitrogens with one attached hydrogen (secondary N) is 1. The van der Waals surface area contributed by atoms with Gasteiger partial charge in [-0.05, 0) is 43.0 Å². The minimum Gasteiger partial charge on any atom is -0.317 e. The third-order valence-corrected chi connectivity index (χ3v) is 4.32. The zero-order chi connectivity index (χ0) is 13.1. The molecule has 98 valence electrons. The van der Waals surface area contributed by atoms with Gasteiger partial charge in [0.25, 0.3) is 0 Å². The lowest BCUT2D eigenvalue weighted by Gasteiger charge is -2.21. The first-order chi connectivity index (χ1) is 9.38. The molecule has 2 atom stereocenters. The average molecular weight is 251 g/mol. The fourth-order valence-electron chi connectivity index (χ4n) is 3.22. The molecule has 1 heteroatoms. The summed E-state index contributed by atoms with van der Waals surface area (Å²) in [5.74, 6) is 0.525. The van der Waals surface area contributed by atoms with Crippen LogP contribution in [0.4, 0.5) is 0 Å². The van der Waals surface area contributed by atoms with E-state index in [2.05, 4.69) is 67.0 Å². The molecule has 0 radical (unpaired) electrons. The van der Waals surface area contributed by atoms with Gasteiger partial charge in [-0.15, -0.1) is 0 Å². The molecule has 2 aromatic rings. The van der Waals surface area contributed by atoms with Crippen LogP contribution in [-0.4, -0.2) is 13.1 Å². The number of hydrogen-bond acceptors (Lipinski definition) is 1. The number of rotatable bonds is 2. The second kappa shape index (κ2) is 5.58. The third-order valence-electron chi connectivity index (χ3n) is 4.32. The lowest BCUT2D eigenvalue weighted by molar-refractivity contribution is 0.482. The smallest absolute Gasteiger partial charge is 0.0107 e. The maximum Gasteiger partial charge on any atom is 0.0107 e. The van der Waals surface area contributed by atoms with E-state index in [4.69, 9.17) is 0 Å². The van der Waals surface area contributed by atoms with Crippen molar-refractivity contribution in [3.63, 3.8) is 0 Å². The number of fused-ring (bicyclic) bond motifs is 1. The SMILES string of the molecule is CNC1CCc2ccccc2C(c2ccccc2)C1. The van der Waals surface area contributed by atoms with Gasteiger partial charge in [0.1, 0.15) is 0 Å². The average Bonchev–Trinajstić information content (AvgIpc) is 2.68. The van der Waals surface area contributed by atoms with Gasteiger partial charge in [-0.3, -0.25) is 0 Å². The maximum absolute atomic E-state index is 3.48. The van der Waals surface area contributed by atoms with Crippen LogP contribution < -0.4 is 5.32 Å². The summed E-state index contributed by atoms with van der Waals surface area (Å²) in [5.41, 5.74) is 4.48. The zero-order valence-corrected chi connectivity index (χ0v) is 11.5. The number of hydrogen-bond donors (Lipinski definition) is 1. The molecule has 0 amide bonds. The first-order valence-corrected chi connectivity index (χ1v) is 7.18. The van der Waals surface area contributed by atoms with E-state index in [1.54, 1.807) is 0 Å². The Morgan fingerprint density at radius 2 is 1.68 bits per heavy atom. The molecule has 3 rings (SSSR count). The fraction of sp³-hybridized carbons (Fsp3) is 0.333. The van der Waals surface area contributed by atoms with E-state index < -0.39 is 0 Å². The molecule has 1 aliphatic rings. The molecule has 1 nitrogen and oxygen atoms in total. The van der Waals surface area contributed by atoms with Crippen molar-refractivity contribution in [2.75, 3.05) is 7.05 Å². The fourth-order valence-corrected chi connectivity index (χ4v) is 3.22. The predicted molar refractivity (Wildman–Crippen MR) is 80.5 cm³/mol. The van der Waals surface area contributed by atoms with Crippen molar-refractivity contribution in [3.05, 3.63) is 71.3 Å². The molecule has 0 spiro atoms. The Morgan fingerprint density at radius 1 is 0.947 bits per heavy atom. The van der Waals surface area contributed by atoms with Gasteiger partial charge in [0, 0.05) is 12.0 Å². The van der Waals surface area contributed by atoms with Gasteiger partial charge >= 0.3 is 0 Å². The van der Waals surface area contributed by atoms with E-state index in [1.807, 2.05) is 0 Å². The van der Waals surface area contributed by atoms with E-state index in [0.29, 0.717) is 12.0 Å². The van der Waals surface area contributed by atoms with Crippen molar-refractivity contribution in [1.29, 1.82) is 0 Å². The summed E-state index contributed by atoms with van der Waals surface area (Å²) in [5, 5.41) is 3.48. The van der Waals surface area contributed by atoms with Crippen LogP contribution in [-0.2, 0) is 6.42 Å². The van der Waals surface area contributed by atoms with E-state index >= 15 is 0 Å². The molecule has 0 saturated carbocycles. The lowest BCUT2D eigenvalue weighted by Crippen LogP contribution is -2.26. The Labute approximate surface area is 115 Å². The topological polar surface area (TPSA) is 12.0 Å². The van der Waals surface area contributed by atoms with E-state index in [0.717, 1.165) is 0 Å². The lowest BCUT2D eigenvalue weighted by atomic mass is 9.86. The van der Waals surface area contributed by atoms with Crippen molar-refractivity contribution in [1.82, 2.24) is 5.32 Å². The molecule has 1 N–H and O–H groups in total. The van der Waals surface area contributed by atoms with E-state index in [1.165, 1.54) is 36.0 Å². The molecule has 19 heavy (non-hydrogen) atoms. The van der Waals surface area contributed by atoms with Crippen molar-refractivity contribution in [3.8, 4) is 0 Å². The normalized spacial score (nSPS) is 22.6. The molecule has 0 bridgehead atoms. The van der Waals surface area contributed by atoms with Crippen LogP contribution in [0.2, 0.25) is 0 Å². The van der Waals surface area contributed by atoms with Gasteiger partial charge in [0.05, 0.1) is 0 Å². The molecule has 0 aromatic heterocycles. The highest BCUT2D eigenvalue weighted by atomic mass is 14.9. The molecule has 0 heterocycles. The first kappa shape index (κ1) is 12.4. The minimum atomic E-state index is 0.525. The van der Waals surface area contributed by atoms with Crippen LogP contribution >= 0.6 is 0 Å². The second-order valence-electron chi connectivity index (χ2n) is 5.42. The van der Waals surface area contributed by atoms with Crippen molar-refractivity contribution < 1.29 is 0 Å². The Kier molecular flexibility index (Phi) is 3.65. The molecular formula is C18H21N. The van der Waals surface area contributed by atoms with Crippen LogP contribution in [0.15, 0.2) is 54.6 Å². The summed E-state index contributed by atoms with van der Waals surface area (Å²) in [6.07, 6.45) is 3.61. The van der Waals surface area contributed by atoms with Crippen molar-refractivity contribution >= 4 is 0 Å². The third kappa shape index (κ3) is 2.57.